The van der Waals surface area contributed by atoms with Crippen LogP contribution in [0.5, 0.6) is 0 Å². The fourth-order valence-corrected chi connectivity index (χ4v) is 3.80. The first-order chi connectivity index (χ1) is 9.97. The van der Waals surface area contributed by atoms with Gasteiger partial charge in [-0.2, -0.15) is 0 Å². The molecule has 1 fully saturated rings. The lowest BCUT2D eigenvalue weighted by atomic mass is 9.79. The Morgan fingerprint density at radius 1 is 1.33 bits per heavy atom. The minimum atomic E-state index is -0.882. The van der Waals surface area contributed by atoms with Crippen molar-refractivity contribution < 1.29 is 9.90 Å². The maximum Gasteiger partial charge on any atom is 0.335 e. The zero-order valence-electron chi connectivity index (χ0n) is 12.8. The monoisotopic (exact) mass is 286 g/mol. The Labute approximate surface area is 124 Å². The van der Waals surface area contributed by atoms with Gasteiger partial charge in [0, 0.05) is 6.04 Å². The molecule has 1 N–H and O–H groups in total. The van der Waals surface area contributed by atoms with Gasteiger partial charge in [-0.15, -0.1) is 0 Å². The summed E-state index contributed by atoms with van der Waals surface area (Å²) in [6.45, 7) is 6.63. The highest BCUT2D eigenvalue weighted by Gasteiger charge is 2.28. The summed E-state index contributed by atoms with van der Waals surface area (Å²) in [5, 5.41) is 9.21. The second-order valence-electron chi connectivity index (χ2n) is 6.50. The molecule has 21 heavy (non-hydrogen) atoms. The van der Waals surface area contributed by atoms with Crippen LogP contribution in [0.4, 0.5) is 0 Å². The third kappa shape index (κ3) is 2.43. The van der Waals surface area contributed by atoms with Crippen molar-refractivity contribution in [1.82, 2.24) is 9.55 Å². The Morgan fingerprint density at radius 2 is 2.10 bits per heavy atom. The van der Waals surface area contributed by atoms with Crippen molar-refractivity contribution in [2.24, 2.45) is 11.8 Å². The Hall–Kier alpha value is -1.84. The average molecular weight is 286 g/mol. The first kappa shape index (κ1) is 14.1. The molecule has 1 heterocycles. The van der Waals surface area contributed by atoms with Crippen molar-refractivity contribution in [3.8, 4) is 0 Å². The minimum Gasteiger partial charge on any atom is -0.478 e. The lowest BCUT2D eigenvalue weighted by Crippen LogP contribution is -2.25. The standard InChI is InChI=1S/C17H22N2O2/c1-10-4-7-15(11(2)8-10)19-12(3)18-14-6-5-13(17(20)21)9-16(14)19/h5-6,9-11,15H,4,7-8H2,1-3H3,(H,20,21). The van der Waals surface area contributed by atoms with Gasteiger partial charge < -0.3 is 9.67 Å². The van der Waals surface area contributed by atoms with Crippen LogP contribution in [-0.2, 0) is 0 Å². The highest BCUT2D eigenvalue weighted by molar-refractivity contribution is 5.92. The Bertz CT molecular complexity index is 689. The number of hydrogen-bond acceptors (Lipinski definition) is 2. The molecule has 4 heteroatoms. The van der Waals surface area contributed by atoms with Gasteiger partial charge >= 0.3 is 5.97 Å². The van der Waals surface area contributed by atoms with E-state index in [9.17, 15) is 9.90 Å². The number of nitrogens with zero attached hydrogens (tertiary/aromatic N) is 2. The van der Waals surface area contributed by atoms with Gasteiger partial charge in [0.15, 0.2) is 0 Å². The molecule has 1 saturated carbocycles. The molecule has 112 valence electrons. The number of aromatic carboxylic acids is 1. The average Bonchev–Trinajstić information content (AvgIpc) is 2.74. The van der Waals surface area contributed by atoms with E-state index in [2.05, 4.69) is 23.4 Å². The topological polar surface area (TPSA) is 55.1 Å². The molecule has 1 aromatic carbocycles. The third-order valence-electron chi connectivity index (χ3n) is 4.83. The van der Waals surface area contributed by atoms with Gasteiger partial charge in [0.25, 0.3) is 0 Å². The molecule has 0 aliphatic heterocycles. The van der Waals surface area contributed by atoms with Gasteiger partial charge in [0.05, 0.1) is 16.6 Å². The highest BCUT2D eigenvalue weighted by Crippen LogP contribution is 2.39. The first-order valence-electron chi connectivity index (χ1n) is 7.69. The van der Waals surface area contributed by atoms with E-state index in [1.165, 1.54) is 12.8 Å². The summed E-state index contributed by atoms with van der Waals surface area (Å²) in [5.41, 5.74) is 2.18. The molecule has 2 aromatic rings. The number of fused-ring (bicyclic) bond motifs is 1. The largest absolute Gasteiger partial charge is 0.478 e. The number of benzene rings is 1. The summed E-state index contributed by atoms with van der Waals surface area (Å²) in [6, 6.07) is 5.64. The van der Waals surface area contributed by atoms with Crippen LogP contribution in [0, 0.1) is 18.8 Å². The first-order valence-corrected chi connectivity index (χ1v) is 7.69. The number of imidazole rings is 1. The molecular formula is C17H22N2O2. The van der Waals surface area contributed by atoms with E-state index in [0.29, 0.717) is 17.5 Å². The number of hydrogen-bond donors (Lipinski definition) is 1. The minimum absolute atomic E-state index is 0.334. The highest BCUT2D eigenvalue weighted by atomic mass is 16.4. The van der Waals surface area contributed by atoms with E-state index in [1.807, 2.05) is 13.0 Å². The molecule has 0 radical (unpaired) electrons. The third-order valence-corrected chi connectivity index (χ3v) is 4.83. The van der Waals surface area contributed by atoms with Gasteiger partial charge in [0.2, 0.25) is 0 Å². The molecule has 3 unspecified atom stereocenters. The summed E-state index contributed by atoms with van der Waals surface area (Å²) in [6.07, 6.45) is 3.60. The molecule has 3 atom stereocenters. The summed E-state index contributed by atoms with van der Waals surface area (Å²) in [7, 11) is 0. The number of carbonyl (C=O) groups is 1. The van der Waals surface area contributed by atoms with Crippen LogP contribution in [0.1, 0.15) is 55.3 Å². The van der Waals surface area contributed by atoms with Crippen molar-refractivity contribution in [1.29, 1.82) is 0 Å². The van der Waals surface area contributed by atoms with Gasteiger partial charge in [-0.3, -0.25) is 0 Å². The molecule has 0 saturated heterocycles. The van der Waals surface area contributed by atoms with Gasteiger partial charge in [-0.05, 0) is 56.2 Å². The van der Waals surface area contributed by atoms with Crippen molar-refractivity contribution >= 4 is 17.0 Å². The lowest BCUT2D eigenvalue weighted by Gasteiger charge is -2.34. The molecule has 3 rings (SSSR count). The van der Waals surface area contributed by atoms with E-state index in [1.54, 1.807) is 12.1 Å². The van der Waals surface area contributed by atoms with Gasteiger partial charge in [-0.1, -0.05) is 13.8 Å². The van der Waals surface area contributed by atoms with Crippen LogP contribution in [0.3, 0.4) is 0 Å². The molecule has 1 aliphatic rings. The predicted molar refractivity (Wildman–Crippen MR) is 82.6 cm³/mol. The van der Waals surface area contributed by atoms with Crippen LogP contribution in [0.15, 0.2) is 18.2 Å². The Balaban J connectivity index is 2.10. The molecule has 0 spiro atoms. The lowest BCUT2D eigenvalue weighted by molar-refractivity contribution is 0.0697. The van der Waals surface area contributed by atoms with Crippen LogP contribution in [0.25, 0.3) is 11.0 Å². The van der Waals surface area contributed by atoms with Gasteiger partial charge in [0.1, 0.15) is 5.82 Å². The zero-order valence-corrected chi connectivity index (χ0v) is 12.8. The molecule has 4 nitrogen and oxygen atoms in total. The fraction of sp³-hybridized carbons (Fsp3) is 0.529. The molecule has 1 aromatic heterocycles. The number of carboxylic acid groups (broad SMARTS) is 1. The van der Waals surface area contributed by atoms with Crippen molar-refractivity contribution in [3.63, 3.8) is 0 Å². The molecular weight excluding hydrogens is 264 g/mol. The number of carboxylic acids is 1. The second-order valence-corrected chi connectivity index (χ2v) is 6.50. The summed E-state index contributed by atoms with van der Waals surface area (Å²) in [4.78, 5) is 15.8. The van der Waals surface area contributed by atoms with Crippen molar-refractivity contribution in [2.75, 3.05) is 0 Å². The van der Waals surface area contributed by atoms with E-state index in [4.69, 9.17) is 0 Å². The Morgan fingerprint density at radius 3 is 2.76 bits per heavy atom. The number of aromatic nitrogens is 2. The Kier molecular flexibility index (Phi) is 3.47. The summed E-state index contributed by atoms with van der Waals surface area (Å²) in [5.74, 6) is 1.48. The normalized spacial score (nSPS) is 26.1. The molecule has 1 aliphatic carbocycles. The van der Waals surface area contributed by atoms with E-state index in [0.717, 1.165) is 29.2 Å². The van der Waals surface area contributed by atoms with E-state index < -0.39 is 5.97 Å². The maximum absolute atomic E-state index is 11.2. The fourth-order valence-electron chi connectivity index (χ4n) is 3.80. The SMILES string of the molecule is Cc1nc2ccc(C(=O)O)cc2n1C1CCC(C)CC1C. The van der Waals surface area contributed by atoms with Crippen LogP contribution >= 0.6 is 0 Å². The quantitative estimate of drug-likeness (QED) is 0.906. The second kappa shape index (κ2) is 5.17. The molecule has 0 amide bonds. The van der Waals surface area contributed by atoms with Crippen molar-refractivity contribution in [3.05, 3.63) is 29.6 Å². The van der Waals surface area contributed by atoms with Crippen LogP contribution < -0.4 is 0 Å². The summed E-state index contributed by atoms with van der Waals surface area (Å²) < 4.78 is 2.26. The van der Waals surface area contributed by atoms with E-state index >= 15 is 0 Å². The van der Waals surface area contributed by atoms with Gasteiger partial charge in [-0.25, -0.2) is 9.78 Å². The smallest absolute Gasteiger partial charge is 0.335 e. The van der Waals surface area contributed by atoms with Crippen LogP contribution in [-0.4, -0.2) is 20.6 Å². The number of rotatable bonds is 2. The van der Waals surface area contributed by atoms with Crippen molar-refractivity contribution in [2.45, 2.75) is 46.1 Å². The molecule has 0 bridgehead atoms. The number of aryl methyl sites for hydroxylation is 1. The summed E-state index contributed by atoms with van der Waals surface area (Å²) >= 11 is 0. The maximum atomic E-state index is 11.2. The van der Waals surface area contributed by atoms with Crippen LogP contribution in [0.2, 0.25) is 0 Å². The zero-order chi connectivity index (χ0) is 15.1. The van der Waals surface area contributed by atoms with E-state index in [-0.39, 0.29) is 0 Å². The predicted octanol–water partition coefficient (Wildman–Crippen LogP) is 4.04.